The van der Waals surface area contributed by atoms with Gasteiger partial charge in [0.15, 0.2) is 23.4 Å². The molecule has 2 aliphatic carbocycles. The van der Waals surface area contributed by atoms with Gasteiger partial charge in [-0.25, -0.2) is 0 Å². The highest BCUT2D eigenvalue weighted by atomic mass is 32.2. The summed E-state index contributed by atoms with van der Waals surface area (Å²) in [6, 6.07) is 6.35. The number of hydrogen-bond acceptors (Lipinski definition) is 8. The third kappa shape index (κ3) is 4.49. The van der Waals surface area contributed by atoms with Crippen LogP contribution in [0, 0.1) is 0 Å². The number of rotatable bonds is 12. The molecule has 0 amide bonds. The lowest BCUT2D eigenvalue weighted by molar-refractivity contribution is 0.233. The van der Waals surface area contributed by atoms with Crippen molar-refractivity contribution in [3.8, 4) is 11.5 Å². The Balaban J connectivity index is 2.02. The topological polar surface area (TPSA) is 36.9 Å². The second kappa shape index (κ2) is 11.4. The number of allylic oxidation sites excluding steroid dienone is 3. The Hall–Kier alpha value is -1.06. The maximum Gasteiger partial charge on any atom is 0.188 e. The average molecular weight is 509 g/mol. The van der Waals surface area contributed by atoms with Crippen LogP contribution in [0.2, 0.25) is 0 Å². The zero-order valence-electron chi connectivity index (χ0n) is 18.8. The minimum atomic E-state index is -0.274. The van der Waals surface area contributed by atoms with E-state index in [-0.39, 0.29) is 6.10 Å². The van der Waals surface area contributed by atoms with Gasteiger partial charge in [-0.15, -0.1) is 0 Å². The van der Waals surface area contributed by atoms with Crippen molar-refractivity contribution in [1.29, 1.82) is 0 Å². The lowest BCUT2D eigenvalue weighted by Crippen LogP contribution is -2.17. The second-order valence-corrected chi connectivity index (χ2v) is 11.0. The van der Waals surface area contributed by atoms with Crippen LogP contribution in [0.1, 0.15) is 50.5 Å². The van der Waals surface area contributed by atoms with Gasteiger partial charge >= 0.3 is 0 Å². The van der Waals surface area contributed by atoms with E-state index < -0.39 is 0 Å². The Labute approximate surface area is 208 Å². The highest BCUT2D eigenvalue weighted by Gasteiger charge is 2.37. The molecule has 0 aliphatic heterocycles. The normalized spacial score (nSPS) is 16.6. The molecule has 2 aromatic rings. The van der Waals surface area contributed by atoms with E-state index in [9.17, 15) is 0 Å². The van der Waals surface area contributed by atoms with Crippen LogP contribution in [0.3, 0.4) is 0 Å². The molecule has 32 heavy (non-hydrogen) atoms. The van der Waals surface area contributed by atoms with E-state index >= 15 is 0 Å². The third-order valence-electron chi connectivity index (χ3n) is 5.10. The molecule has 2 aliphatic rings. The molecule has 2 aromatic carbocycles. The predicted molar refractivity (Wildman–Crippen MR) is 142 cm³/mol. The van der Waals surface area contributed by atoms with Crippen molar-refractivity contribution >= 4 is 64.5 Å². The van der Waals surface area contributed by atoms with Gasteiger partial charge in [-0.2, -0.15) is 0 Å². The Morgan fingerprint density at radius 3 is 2.25 bits per heavy atom. The second-order valence-electron chi connectivity index (χ2n) is 7.02. The van der Waals surface area contributed by atoms with Crippen molar-refractivity contribution in [2.45, 2.75) is 40.2 Å². The Bertz CT molecular complexity index is 1030. The summed E-state index contributed by atoms with van der Waals surface area (Å²) in [6.45, 7) is 8.37. The predicted octanol–water partition coefficient (Wildman–Crippen LogP) is 8.18. The van der Waals surface area contributed by atoms with Gasteiger partial charge in [0.1, 0.15) is 0 Å². The maximum absolute atomic E-state index is 6.31. The van der Waals surface area contributed by atoms with Crippen LogP contribution in [0.4, 0.5) is 0 Å². The molecule has 0 N–H and O–H groups in total. The van der Waals surface area contributed by atoms with Crippen molar-refractivity contribution in [2.24, 2.45) is 0 Å². The quantitative estimate of drug-likeness (QED) is 0.266. The molecule has 4 rings (SSSR count). The first kappa shape index (κ1) is 24.1. The molecule has 172 valence electrons. The molecule has 0 bridgehead atoms. The first-order valence-electron chi connectivity index (χ1n) is 11.0. The molecular weight excluding hydrogens is 481 g/mol. The third-order valence-corrected chi connectivity index (χ3v) is 7.24. The van der Waals surface area contributed by atoms with Gasteiger partial charge in [-0.05, 0) is 24.0 Å². The number of benzene rings is 2. The van der Waals surface area contributed by atoms with Crippen LogP contribution in [0.5, 0.6) is 11.5 Å². The fraction of sp³-hybridized carbons (Fsp3) is 0.417. The Morgan fingerprint density at radius 1 is 0.844 bits per heavy atom. The maximum atomic E-state index is 6.31. The van der Waals surface area contributed by atoms with Gasteiger partial charge in [-0.1, -0.05) is 58.0 Å². The molecule has 0 saturated heterocycles. The van der Waals surface area contributed by atoms with Crippen molar-refractivity contribution in [2.75, 3.05) is 23.0 Å². The van der Waals surface area contributed by atoms with Crippen LogP contribution in [0.15, 0.2) is 36.1 Å². The van der Waals surface area contributed by atoms with E-state index in [4.69, 9.17) is 16.7 Å². The minimum Gasteiger partial charge on any atom is -0.426 e. The number of hydrogen-bond donors (Lipinski definition) is 0. The highest BCUT2D eigenvalue weighted by Crippen LogP contribution is 2.55. The fourth-order valence-electron chi connectivity index (χ4n) is 3.99. The summed E-state index contributed by atoms with van der Waals surface area (Å²) < 4.78 is 25.1. The summed E-state index contributed by atoms with van der Waals surface area (Å²) in [5.41, 5.74) is 4.54. The van der Waals surface area contributed by atoms with E-state index in [0.29, 0.717) is 0 Å². The van der Waals surface area contributed by atoms with Crippen molar-refractivity contribution in [1.82, 2.24) is 0 Å². The van der Waals surface area contributed by atoms with Gasteiger partial charge in [0, 0.05) is 50.5 Å². The van der Waals surface area contributed by atoms with Gasteiger partial charge in [0.2, 0.25) is 0 Å². The molecule has 0 spiro atoms. The molecule has 1 unspecified atom stereocenters. The first-order valence-corrected chi connectivity index (χ1v) is 14.6. The van der Waals surface area contributed by atoms with E-state index in [0.717, 1.165) is 68.8 Å². The molecule has 4 nitrogen and oxygen atoms in total. The van der Waals surface area contributed by atoms with E-state index in [1.165, 1.54) is 59.1 Å². The molecule has 0 heterocycles. The van der Waals surface area contributed by atoms with E-state index in [2.05, 4.69) is 58.0 Å². The largest absolute Gasteiger partial charge is 0.426 e. The molecule has 8 heteroatoms. The summed E-state index contributed by atoms with van der Waals surface area (Å²) in [6.07, 6.45) is 4.87. The van der Waals surface area contributed by atoms with Gasteiger partial charge < -0.3 is 12.5 Å². The average Bonchev–Trinajstić information content (AvgIpc) is 2.83. The summed E-state index contributed by atoms with van der Waals surface area (Å²) in [4.78, 5) is 0. The fourth-order valence-corrected chi connectivity index (χ4v) is 5.69. The summed E-state index contributed by atoms with van der Waals surface area (Å²) in [5, 5.41) is 2.23. The smallest absolute Gasteiger partial charge is 0.188 e. The standard InChI is InChI=1S/C24H28O4S4/c1-5-29-25-21-15-11-9-13-17-19(15)20-16(22(21)26-30-6-2)12-10-14-18(20)24(28-32-8-4)23(17)27-31-7-3/h9-13,21H,5-8,14H2,1-4H3. The van der Waals surface area contributed by atoms with Crippen LogP contribution in [-0.4, -0.2) is 23.0 Å². The molecule has 1 atom stereocenters. The Morgan fingerprint density at radius 2 is 1.53 bits per heavy atom. The van der Waals surface area contributed by atoms with Gasteiger partial charge in [0.05, 0.1) is 36.1 Å². The minimum absolute atomic E-state index is 0.274. The van der Waals surface area contributed by atoms with E-state index in [1.54, 1.807) is 0 Å². The van der Waals surface area contributed by atoms with Crippen LogP contribution < -0.4 is 8.37 Å². The molecule has 0 saturated carbocycles. The zero-order chi connectivity index (χ0) is 22.5. The van der Waals surface area contributed by atoms with Gasteiger partial charge in [-0.3, -0.25) is 4.18 Å². The molecular formula is C24H28O4S4. The van der Waals surface area contributed by atoms with Gasteiger partial charge in [0.25, 0.3) is 0 Å². The molecule has 0 aromatic heterocycles. The van der Waals surface area contributed by atoms with E-state index in [1.807, 2.05) is 0 Å². The van der Waals surface area contributed by atoms with Crippen LogP contribution >= 0.6 is 48.2 Å². The highest BCUT2D eigenvalue weighted by molar-refractivity contribution is 7.95. The molecule has 0 fully saturated rings. The monoisotopic (exact) mass is 508 g/mol. The zero-order valence-corrected chi connectivity index (χ0v) is 22.0. The first-order chi connectivity index (χ1) is 15.8. The SMILES string of the molecule is CCSOC1=C2C=CCc3c(OSCC)c(OSCC)c4cccc(c4c32)C1OSCC. The summed E-state index contributed by atoms with van der Waals surface area (Å²) in [7, 11) is 0. The van der Waals surface area contributed by atoms with Crippen molar-refractivity contribution in [3.05, 3.63) is 52.8 Å². The lowest BCUT2D eigenvalue weighted by atomic mass is 9.79. The summed E-state index contributed by atoms with van der Waals surface area (Å²) in [5.74, 6) is 5.93. The summed E-state index contributed by atoms with van der Waals surface area (Å²) >= 11 is 5.81. The lowest BCUT2D eigenvalue weighted by Gasteiger charge is -2.32. The van der Waals surface area contributed by atoms with Crippen molar-refractivity contribution < 1.29 is 16.7 Å². The molecule has 0 radical (unpaired) electrons. The van der Waals surface area contributed by atoms with Crippen LogP contribution in [0.25, 0.3) is 16.3 Å². The Kier molecular flexibility index (Phi) is 8.56. The van der Waals surface area contributed by atoms with Crippen molar-refractivity contribution in [3.63, 3.8) is 0 Å². The van der Waals surface area contributed by atoms with Crippen LogP contribution in [-0.2, 0) is 14.8 Å².